The Hall–Kier alpha value is -3.26. The van der Waals surface area contributed by atoms with Crippen molar-refractivity contribution in [1.29, 1.82) is 0 Å². The molecule has 0 aliphatic heterocycles. The van der Waals surface area contributed by atoms with Crippen molar-refractivity contribution in [2.75, 3.05) is 13.7 Å². The number of hydrogen-bond donors (Lipinski definition) is 2. The molecule has 0 bridgehead atoms. The quantitative estimate of drug-likeness (QED) is 0.486. The Morgan fingerprint density at radius 1 is 1.29 bits per heavy atom. The van der Waals surface area contributed by atoms with Crippen molar-refractivity contribution in [2.45, 2.75) is 44.7 Å². The maximum Gasteiger partial charge on any atom is 0.326 e. The molecule has 1 aromatic heterocycles. The first-order chi connectivity index (χ1) is 16.3. The van der Waals surface area contributed by atoms with E-state index in [-0.39, 0.29) is 23.6 Å². The first kappa shape index (κ1) is 23.9. The number of carbonyl (C=O) groups is 2. The van der Waals surface area contributed by atoms with E-state index in [1.807, 2.05) is 6.07 Å². The SMILES string of the molecule is CCC(C(=O)O)n1c2c(c3cc(F)cc(Cl)c31)CC(NC(=O)COc1ccccc1OC)CC2. The molecule has 4 rings (SSSR count). The maximum atomic E-state index is 14.2. The van der Waals surface area contributed by atoms with Crippen LogP contribution in [0.3, 0.4) is 0 Å². The van der Waals surface area contributed by atoms with E-state index in [0.717, 1.165) is 11.3 Å². The third-order valence-electron chi connectivity index (χ3n) is 6.19. The van der Waals surface area contributed by atoms with Crippen molar-refractivity contribution in [1.82, 2.24) is 9.88 Å². The summed E-state index contributed by atoms with van der Waals surface area (Å²) in [6.45, 7) is 1.62. The van der Waals surface area contributed by atoms with E-state index in [9.17, 15) is 19.1 Å². The monoisotopic (exact) mass is 488 g/mol. The average Bonchev–Trinajstić information content (AvgIpc) is 3.12. The second-order valence-electron chi connectivity index (χ2n) is 8.29. The Bertz CT molecular complexity index is 1240. The van der Waals surface area contributed by atoms with E-state index in [0.29, 0.717) is 48.1 Å². The molecule has 9 heteroatoms. The Morgan fingerprint density at radius 3 is 2.71 bits per heavy atom. The van der Waals surface area contributed by atoms with Crippen LogP contribution in [0.4, 0.5) is 4.39 Å². The normalized spacial score (nSPS) is 16.1. The van der Waals surface area contributed by atoms with E-state index < -0.39 is 17.8 Å². The molecular weight excluding hydrogens is 463 g/mol. The number of carboxylic acid groups (broad SMARTS) is 1. The lowest BCUT2D eigenvalue weighted by atomic mass is 9.91. The van der Waals surface area contributed by atoms with Crippen molar-refractivity contribution in [3.8, 4) is 11.5 Å². The molecule has 2 aromatic carbocycles. The molecule has 1 amide bonds. The zero-order chi connectivity index (χ0) is 24.4. The Morgan fingerprint density at radius 2 is 2.03 bits per heavy atom. The van der Waals surface area contributed by atoms with Gasteiger partial charge in [0.2, 0.25) is 0 Å². The summed E-state index contributed by atoms with van der Waals surface area (Å²) in [5.74, 6) is -0.736. The summed E-state index contributed by atoms with van der Waals surface area (Å²) in [5, 5.41) is 13.5. The number of ether oxygens (including phenoxy) is 2. The van der Waals surface area contributed by atoms with Crippen LogP contribution in [-0.2, 0) is 22.4 Å². The molecule has 2 N–H and O–H groups in total. The summed E-state index contributed by atoms with van der Waals surface area (Å²) < 4.78 is 26.8. The van der Waals surface area contributed by atoms with Crippen LogP contribution in [0, 0.1) is 5.82 Å². The number of aromatic nitrogens is 1. The highest BCUT2D eigenvalue weighted by Crippen LogP contribution is 2.39. The van der Waals surface area contributed by atoms with Crippen molar-refractivity contribution < 1.29 is 28.6 Å². The Balaban J connectivity index is 1.57. The van der Waals surface area contributed by atoms with Crippen LogP contribution in [0.5, 0.6) is 11.5 Å². The predicted octanol–water partition coefficient (Wildman–Crippen LogP) is 4.53. The van der Waals surface area contributed by atoms with E-state index in [1.165, 1.54) is 19.2 Å². The summed E-state index contributed by atoms with van der Waals surface area (Å²) in [5.41, 5.74) is 2.17. The minimum absolute atomic E-state index is 0.176. The fourth-order valence-corrected chi connectivity index (χ4v) is 5.02. The van der Waals surface area contributed by atoms with Gasteiger partial charge in [-0.3, -0.25) is 4.79 Å². The minimum Gasteiger partial charge on any atom is -0.493 e. The number of benzene rings is 2. The number of halogens is 2. The number of aliphatic carboxylic acids is 1. The van der Waals surface area contributed by atoms with Gasteiger partial charge in [-0.1, -0.05) is 30.7 Å². The van der Waals surface area contributed by atoms with Crippen LogP contribution in [-0.4, -0.2) is 41.3 Å². The number of rotatable bonds is 8. The number of carboxylic acids is 1. The van der Waals surface area contributed by atoms with E-state index in [4.69, 9.17) is 21.1 Å². The van der Waals surface area contributed by atoms with Crippen LogP contribution in [0.25, 0.3) is 10.9 Å². The molecular formula is C25H26ClFN2O5. The molecule has 0 spiro atoms. The second kappa shape index (κ2) is 9.93. The fourth-order valence-electron chi connectivity index (χ4n) is 4.72. The number of methoxy groups -OCH3 is 1. The van der Waals surface area contributed by atoms with Gasteiger partial charge in [0.25, 0.3) is 5.91 Å². The van der Waals surface area contributed by atoms with Crippen molar-refractivity contribution in [3.63, 3.8) is 0 Å². The summed E-state index contributed by atoms with van der Waals surface area (Å²) in [6, 6.07) is 8.65. The Kier molecular flexibility index (Phi) is 6.97. The summed E-state index contributed by atoms with van der Waals surface area (Å²) in [7, 11) is 1.53. The number of amides is 1. The number of nitrogens with zero attached hydrogens (tertiary/aromatic N) is 1. The second-order valence-corrected chi connectivity index (χ2v) is 8.70. The molecule has 180 valence electrons. The summed E-state index contributed by atoms with van der Waals surface area (Å²) >= 11 is 6.39. The van der Waals surface area contributed by atoms with E-state index >= 15 is 0 Å². The van der Waals surface area contributed by atoms with Crippen LogP contribution < -0.4 is 14.8 Å². The molecule has 1 heterocycles. The number of hydrogen-bond acceptors (Lipinski definition) is 4. The van der Waals surface area contributed by atoms with Gasteiger partial charge in [0.15, 0.2) is 18.1 Å². The third-order valence-corrected chi connectivity index (χ3v) is 6.48. The van der Waals surface area contributed by atoms with Gasteiger partial charge < -0.3 is 24.5 Å². The number of para-hydroxylation sites is 2. The lowest BCUT2D eigenvalue weighted by Crippen LogP contribution is -2.41. The maximum absolute atomic E-state index is 14.2. The molecule has 0 fully saturated rings. The highest BCUT2D eigenvalue weighted by molar-refractivity contribution is 6.35. The fraction of sp³-hybridized carbons (Fsp3) is 0.360. The molecule has 2 unspecified atom stereocenters. The summed E-state index contributed by atoms with van der Waals surface area (Å²) in [6.07, 6.45) is 1.94. The van der Waals surface area contributed by atoms with Gasteiger partial charge in [-0.2, -0.15) is 0 Å². The van der Waals surface area contributed by atoms with Crippen LogP contribution in [0.2, 0.25) is 5.02 Å². The predicted molar refractivity (Wildman–Crippen MR) is 126 cm³/mol. The molecule has 0 saturated heterocycles. The molecule has 1 aliphatic carbocycles. The zero-order valence-electron chi connectivity index (χ0n) is 18.9. The van der Waals surface area contributed by atoms with Crippen molar-refractivity contribution in [2.24, 2.45) is 0 Å². The van der Waals surface area contributed by atoms with Gasteiger partial charge in [0.1, 0.15) is 11.9 Å². The molecule has 3 aromatic rings. The van der Waals surface area contributed by atoms with Gasteiger partial charge in [0, 0.05) is 17.1 Å². The Labute approximate surface area is 201 Å². The first-order valence-corrected chi connectivity index (χ1v) is 11.5. The minimum atomic E-state index is -0.966. The smallest absolute Gasteiger partial charge is 0.326 e. The van der Waals surface area contributed by atoms with Crippen molar-refractivity contribution >= 4 is 34.4 Å². The molecule has 1 aliphatic rings. The van der Waals surface area contributed by atoms with Crippen LogP contribution in [0.1, 0.15) is 37.1 Å². The standard InChI is InChI=1S/C25H26ClFN2O5/c1-3-19(25(31)32)29-20-9-8-15(12-16(20)17-10-14(27)11-18(26)24(17)29)28-23(30)13-34-22-7-5-4-6-21(22)33-2/h4-7,10-11,15,19H,3,8-9,12-13H2,1-2H3,(H,28,30)(H,31,32). The third kappa shape index (κ3) is 4.55. The van der Waals surface area contributed by atoms with Crippen molar-refractivity contribution in [3.05, 3.63) is 58.5 Å². The summed E-state index contributed by atoms with van der Waals surface area (Å²) in [4.78, 5) is 24.5. The van der Waals surface area contributed by atoms with E-state index in [2.05, 4.69) is 5.32 Å². The average molecular weight is 489 g/mol. The molecule has 7 nitrogen and oxygen atoms in total. The molecule has 2 atom stereocenters. The number of carbonyl (C=O) groups excluding carboxylic acids is 1. The lowest BCUT2D eigenvalue weighted by Gasteiger charge is -2.26. The molecule has 34 heavy (non-hydrogen) atoms. The number of nitrogens with one attached hydrogen (secondary N) is 1. The van der Waals surface area contributed by atoms with Gasteiger partial charge >= 0.3 is 5.97 Å². The van der Waals surface area contributed by atoms with Gasteiger partial charge in [-0.05, 0) is 55.5 Å². The molecule has 0 radical (unpaired) electrons. The van der Waals surface area contributed by atoms with Gasteiger partial charge in [-0.25, -0.2) is 9.18 Å². The largest absolute Gasteiger partial charge is 0.493 e. The highest BCUT2D eigenvalue weighted by Gasteiger charge is 2.32. The zero-order valence-corrected chi connectivity index (χ0v) is 19.7. The van der Waals surface area contributed by atoms with Gasteiger partial charge in [0.05, 0.1) is 17.6 Å². The lowest BCUT2D eigenvalue weighted by molar-refractivity contribution is -0.141. The highest BCUT2D eigenvalue weighted by atomic mass is 35.5. The van der Waals surface area contributed by atoms with Crippen LogP contribution in [0.15, 0.2) is 36.4 Å². The van der Waals surface area contributed by atoms with E-state index in [1.54, 1.807) is 29.7 Å². The number of fused-ring (bicyclic) bond motifs is 3. The first-order valence-electron chi connectivity index (χ1n) is 11.1. The van der Waals surface area contributed by atoms with Gasteiger partial charge in [-0.15, -0.1) is 0 Å². The molecule has 0 saturated carbocycles. The topological polar surface area (TPSA) is 89.8 Å². The van der Waals surface area contributed by atoms with Crippen LogP contribution >= 0.6 is 11.6 Å².